The molecule has 0 aromatic heterocycles. The fourth-order valence-electron chi connectivity index (χ4n) is 2.10. The largest absolute Gasteiger partial charge is 0.493 e. The fraction of sp³-hybridized carbons (Fsp3) is 0.250. The first kappa shape index (κ1) is 16.5. The van der Waals surface area contributed by atoms with E-state index in [1.807, 2.05) is 25.1 Å². The van der Waals surface area contributed by atoms with E-state index in [0.717, 1.165) is 9.13 Å². The van der Waals surface area contributed by atoms with Gasteiger partial charge in [-0.05, 0) is 46.7 Å². The van der Waals surface area contributed by atoms with Gasteiger partial charge in [-0.3, -0.25) is 0 Å². The summed E-state index contributed by atoms with van der Waals surface area (Å²) < 4.78 is 25.8. The maximum atomic E-state index is 14.4. The molecule has 2 aromatic carbocycles. The van der Waals surface area contributed by atoms with Crippen molar-refractivity contribution in [2.24, 2.45) is 0 Å². The Morgan fingerprint density at radius 2 is 1.71 bits per heavy atom. The Morgan fingerprint density at radius 1 is 1.10 bits per heavy atom. The zero-order chi connectivity index (χ0) is 15.6. The van der Waals surface area contributed by atoms with Crippen LogP contribution in [0.1, 0.15) is 21.5 Å². The Hall–Kier alpha value is -0.820. The third-order valence-corrected chi connectivity index (χ3v) is 5.73. The van der Waals surface area contributed by atoms with Crippen LogP contribution in [-0.2, 0) is 0 Å². The summed E-state index contributed by atoms with van der Waals surface area (Å²) in [4.78, 5) is -0.246. The van der Waals surface area contributed by atoms with Crippen molar-refractivity contribution >= 4 is 38.5 Å². The molecule has 0 radical (unpaired) electrons. The number of alkyl halides is 1. The van der Waals surface area contributed by atoms with Gasteiger partial charge in [0.25, 0.3) is 0 Å². The summed E-state index contributed by atoms with van der Waals surface area (Å²) in [5, 5.41) is 0. The summed E-state index contributed by atoms with van der Waals surface area (Å²) in [6.07, 6.45) is 0. The third kappa shape index (κ3) is 3.34. The standard InChI is InChI=1S/C16H15BrFIO2/c1-9-5-4-6-10(16(9)19)15(17)11-7-13(20-2)14(21-3)8-12(11)18/h4-8,15H,1-3H3. The lowest BCUT2D eigenvalue weighted by molar-refractivity contribution is 0.351. The topological polar surface area (TPSA) is 18.5 Å². The second kappa shape index (κ2) is 6.96. The first-order chi connectivity index (χ1) is 9.99. The van der Waals surface area contributed by atoms with Gasteiger partial charge < -0.3 is 9.47 Å². The zero-order valence-corrected chi connectivity index (χ0v) is 15.7. The van der Waals surface area contributed by atoms with Crippen LogP contribution < -0.4 is 9.47 Å². The van der Waals surface area contributed by atoms with Crippen LogP contribution in [0.3, 0.4) is 0 Å². The molecule has 1 unspecified atom stereocenters. The Bertz CT molecular complexity index is 661. The smallest absolute Gasteiger partial charge is 0.163 e. The molecule has 0 saturated heterocycles. The highest BCUT2D eigenvalue weighted by Gasteiger charge is 2.21. The predicted octanol–water partition coefficient (Wildman–Crippen LogP) is 5.24. The molecule has 0 aliphatic carbocycles. The van der Waals surface area contributed by atoms with Crippen LogP contribution in [-0.4, -0.2) is 14.2 Å². The highest BCUT2D eigenvalue weighted by molar-refractivity contribution is 14.1. The number of halogens is 3. The van der Waals surface area contributed by atoms with Gasteiger partial charge in [0.15, 0.2) is 11.5 Å². The quantitative estimate of drug-likeness (QED) is 0.455. The molecule has 0 saturated carbocycles. The van der Waals surface area contributed by atoms with Crippen molar-refractivity contribution in [1.29, 1.82) is 0 Å². The highest BCUT2D eigenvalue weighted by Crippen LogP contribution is 2.40. The molecule has 0 spiro atoms. The molecule has 21 heavy (non-hydrogen) atoms. The lowest BCUT2D eigenvalue weighted by Crippen LogP contribution is -2.02. The Kier molecular flexibility index (Phi) is 5.48. The Labute approximate surface area is 145 Å². The number of methoxy groups -OCH3 is 2. The van der Waals surface area contributed by atoms with Crippen LogP contribution in [0.4, 0.5) is 4.39 Å². The van der Waals surface area contributed by atoms with Crippen LogP contribution in [0.25, 0.3) is 0 Å². The van der Waals surface area contributed by atoms with E-state index in [9.17, 15) is 4.39 Å². The van der Waals surface area contributed by atoms with Crippen LogP contribution in [0.2, 0.25) is 0 Å². The summed E-state index contributed by atoms with van der Waals surface area (Å²) in [6, 6.07) is 9.02. The van der Waals surface area contributed by atoms with Gasteiger partial charge in [0.1, 0.15) is 5.82 Å². The van der Waals surface area contributed by atoms with Crippen molar-refractivity contribution in [3.8, 4) is 11.5 Å². The third-order valence-electron chi connectivity index (χ3n) is 3.27. The monoisotopic (exact) mass is 464 g/mol. The van der Waals surface area contributed by atoms with Crippen molar-refractivity contribution < 1.29 is 13.9 Å². The maximum Gasteiger partial charge on any atom is 0.163 e. The molecule has 2 nitrogen and oxygen atoms in total. The Morgan fingerprint density at radius 3 is 2.33 bits per heavy atom. The van der Waals surface area contributed by atoms with Crippen molar-refractivity contribution in [3.05, 3.63) is 56.4 Å². The zero-order valence-electron chi connectivity index (χ0n) is 11.9. The van der Waals surface area contributed by atoms with E-state index < -0.39 is 0 Å². The molecule has 0 bridgehead atoms. The molecule has 0 aliphatic heterocycles. The van der Waals surface area contributed by atoms with E-state index in [-0.39, 0.29) is 10.6 Å². The lowest BCUT2D eigenvalue weighted by atomic mass is 10.0. The molecular weight excluding hydrogens is 450 g/mol. The van der Waals surface area contributed by atoms with Gasteiger partial charge in [-0.15, -0.1) is 0 Å². The molecule has 112 valence electrons. The number of benzene rings is 2. The molecule has 2 aromatic rings. The second-order valence-electron chi connectivity index (χ2n) is 4.57. The van der Waals surface area contributed by atoms with Gasteiger partial charge in [0.2, 0.25) is 0 Å². The van der Waals surface area contributed by atoms with E-state index in [1.54, 1.807) is 13.2 Å². The number of hydrogen-bond acceptors (Lipinski definition) is 2. The molecule has 1 atom stereocenters. The minimum absolute atomic E-state index is 0.246. The molecule has 0 amide bonds. The summed E-state index contributed by atoms with van der Waals surface area (Å²) >= 11 is 5.88. The predicted molar refractivity (Wildman–Crippen MR) is 94.2 cm³/mol. The maximum absolute atomic E-state index is 14.4. The van der Waals surface area contributed by atoms with E-state index in [2.05, 4.69) is 38.5 Å². The van der Waals surface area contributed by atoms with Crippen molar-refractivity contribution in [2.75, 3.05) is 14.2 Å². The summed E-state index contributed by atoms with van der Waals surface area (Å²) in [5.41, 5.74) is 2.72. The van der Waals surface area contributed by atoms with Crippen molar-refractivity contribution in [2.45, 2.75) is 11.8 Å². The average Bonchev–Trinajstić information content (AvgIpc) is 2.49. The minimum Gasteiger partial charge on any atom is -0.493 e. The summed E-state index contributed by atoms with van der Waals surface area (Å²) in [6.45, 7) is 2.04. The van der Waals surface area contributed by atoms with Crippen LogP contribution in [0.15, 0.2) is 30.3 Å². The van der Waals surface area contributed by atoms with Gasteiger partial charge in [-0.1, -0.05) is 34.1 Å². The first-order valence-corrected chi connectivity index (χ1v) is 8.29. The SMILES string of the molecule is COc1cc(F)c(C(Br)c2cccc(C)c2I)cc1OC. The van der Waals surface area contributed by atoms with Gasteiger partial charge in [-0.25, -0.2) is 4.39 Å². The number of aryl methyl sites for hydroxylation is 1. The van der Waals surface area contributed by atoms with E-state index >= 15 is 0 Å². The van der Waals surface area contributed by atoms with Gasteiger partial charge in [0, 0.05) is 15.2 Å². The van der Waals surface area contributed by atoms with Crippen LogP contribution in [0, 0.1) is 16.3 Å². The molecule has 0 fully saturated rings. The Balaban J connectivity index is 2.53. The van der Waals surface area contributed by atoms with Gasteiger partial charge in [-0.2, -0.15) is 0 Å². The lowest BCUT2D eigenvalue weighted by Gasteiger charge is -2.17. The second-order valence-corrected chi connectivity index (χ2v) is 6.56. The van der Waals surface area contributed by atoms with Gasteiger partial charge in [0.05, 0.1) is 19.0 Å². The first-order valence-electron chi connectivity index (χ1n) is 6.30. The molecular formula is C16H15BrFIO2. The average molecular weight is 465 g/mol. The molecule has 2 rings (SSSR count). The summed E-state index contributed by atoms with van der Waals surface area (Å²) in [5.74, 6) is 0.574. The van der Waals surface area contributed by atoms with Crippen LogP contribution in [0.5, 0.6) is 11.5 Å². The molecule has 5 heteroatoms. The molecule has 0 N–H and O–H groups in total. The molecule has 0 heterocycles. The number of ether oxygens (including phenoxy) is 2. The number of hydrogen-bond donors (Lipinski definition) is 0. The fourth-order valence-corrected chi connectivity index (χ4v) is 3.93. The van der Waals surface area contributed by atoms with E-state index in [4.69, 9.17) is 9.47 Å². The normalized spacial score (nSPS) is 12.1. The van der Waals surface area contributed by atoms with Crippen molar-refractivity contribution in [3.63, 3.8) is 0 Å². The van der Waals surface area contributed by atoms with Crippen LogP contribution >= 0.6 is 38.5 Å². The summed E-state index contributed by atoms with van der Waals surface area (Å²) in [7, 11) is 3.03. The minimum atomic E-state index is -0.327. The van der Waals surface area contributed by atoms with Gasteiger partial charge >= 0.3 is 0 Å². The van der Waals surface area contributed by atoms with E-state index in [1.165, 1.54) is 18.7 Å². The van der Waals surface area contributed by atoms with Crippen molar-refractivity contribution in [1.82, 2.24) is 0 Å². The number of rotatable bonds is 4. The molecule has 0 aliphatic rings. The highest BCUT2D eigenvalue weighted by atomic mass is 127. The van der Waals surface area contributed by atoms with E-state index in [0.29, 0.717) is 17.1 Å².